The second-order valence-corrected chi connectivity index (χ2v) is 19.2. The number of piperidine rings is 2. The maximum absolute atomic E-state index is 15.8. The van der Waals surface area contributed by atoms with Gasteiger partial charge in [0.25, 0.3) is 5.91 Å². The van der Waals surface area contributed by atoms with Gasteiger partial charge in [-0.15, -0.1) is 11.3 Å². The number of amides is 4. The number of thiazole rings is 1. The molecule has 2 aromatic carbocycles. The molecule has 17 nitrogen and oxygen atoms in total. The summed E-state index contributed by atoms with van der Waals surface area (Å²) in [7, 11) is 0. The van der Waals surface area contributed by atoms with Gasteiger partial charge in [-0.25, -0.2) is 23.7 Å². The fourth-order valence-corrected chi connectivity index (χ4v) is 10.7. The molecule has 4 aromatic heterocycles. The number of carbonyl (C=O) groups is 4. The number of anilines is 4. The molecule has 0 aliphatic carbocycles. The maximum atomic E-state index is 15.8. The third-order valence-electron chi connectivity index (χ3n) is 13.7. The number of imide groups is 1. The molecule has 340 valence electrons. The van der Waals surface area contributed by atoms with Crippen molar-refractivity contribution in [2.75, 3.05) is 59.7 Å². The molecule has 0 saturated carbocycles. The van der Waals surface area contributed by atoms with Crippen LogP contribution in [0.1, 0.15) is 56.0 Å². The molecule has 6 aromatic rings. The zero-order chi connectivity index (χ0) is 45.3. The second-order valence-electron chi connectivity index (χ2n) is 18.3. The lowest BCUT2D eigenvalue weighted by molar-refractivity contribution is -0.151. The van der Waals surface area contributed by atoms with E-state index in [-0.39, 0.29) is 41.4 Å². The Labute approximate surface area is 380 Å². The first-order valence-corrected chi connectivity index (χ1v) is 23.1. The van der Waals surface area contributed by atoms with E-state index in [1.54, 1.807) is 53.4 Å². The summed E-state index contributed by atoms with van der Waals surface area (Å²) in [6, 6.07) is 10.2. The van der Waals surface area contributed by atoms with Crippen LogP contribution in [0.15, 0.2) is 72.8 Å². The second kappa shape index (κ2) is 16.3. The van der Waals surface area contributed by atoms with Gasteiger partial charge in [0.05, 0.1) is 40.6 Å². The highest BCUT2D eigenvalue weighted by atomic mass is 32.1. The quantitative estimate of drug-likeness (QED) is 0.133. The van der Waals surface area contributed by atoms with Gasteiger partial charge < -0.3 is 29.7 Å². The van der Waals surface area contributed by atoms with Crippen molar-refractivity contribution < 1.29 is 33.1 Å². The largest absolute Gasteiger partial charge is 0.389 e. The minimum absolute atomic E-state index is 0.00308. The Morgan fingerprint density at radius 3 is 2.52 bits per heavy atom. The summed E-state index contributed by atoms with van der Waals surface area (Å²) >= 11 is 1.30. The SMILES string of the molecule is O=C1CC[C@H](Nc2ccc(N3CCC(O)(CC(=O)N4CC5(C4)CN(c4ccc(-c6cc(F)c7cn(C(C(=O)Nc8nccs8)c8ncn9c8CCC9)nc7c6)cn4)C5)CC3)c(F)c2)C(=O)N1. The third kappa shape index (κ3) is 7.80. The molecule has 4 saturated heterocycles. The van der Waals surface area contributed by atoms with Crippen molar-refractivity contribution in [1.82, 2.24) is 39.5 Å². The van der Waals surface area contributed by atoms with Crippen molar-refractivity contribution >= 4 is 68.2 Å². The number of halogens is 2. The molecule has 5 aliphatic heterocycles. The fourth-order valence-electron chi connectivity index (χ4n) is 10.2. The number of imidazole rings is 1. The lowest BCUT2D eigenvalue weighted by Gasteiger charge is -2.60. The first-order valence-electron chi connectivity index (χ1n) is 22.2. The van der Waals surface area contributed by atoms with Crippen LogP contribution in [0.5, 0.6) is 0 Å². The zero-order valence-corrected chi connectivity index (χ0v) is 36.6. The molecule has 4 amide bonds. The summed E-state index contributed by atoms with van der Waals surface area (Å²) in [6.45, 7) is 4.22. The zero-order valence-electron chi connectivity index (χ0n) is 35.8. The number of benzene rings is 2. The van der Waals surface area contributed by atoms with Crippen LogP contribution >= 0.6 is 11.3 Å². The van der Waals surface area contributed by atoms with Crippen molar-refractivity contribution in [2.45, 2.75) is 69.2 Å². The number of aliphatic hydroxyl groups is 1. The van der Waals surface area contributed by atoms with Crippen molar-refractivity contribution in [3.63, 3.8) is 0 Å². The Bertz CT molecular complexity index is 2880. The van der Waals surface area contributed by atoms with Gasteiger partial charge in [0, 0.05) is 98.6 Å². The number of aryl methyl sites for hydroxylation is 1. The Kier molecular flexibility index (Phi) is 10.3. The van der Waals surface area contributed by atoms with Crippen molar-refractivity contribution in [3.05, 3.63) is 95.8 Å². The number of nitrogens with one attached hydrogen (secondary N) is 3. The highest BCUT2D eigenvalue weighted by Crippen LogP contribution is 2.43. The minimum Gasteiger partial charge on any atom is -0.389 e. The predicted octanol–water partition coefficient (Wildman–Crippen LogP) is 4.49. The van der Waals surface area contributed by atoms with E-state index in [1.807, 2.05) is 21.6 Å². The molecule has 0 radical (unpaired) electrons. The summed E-state index contributed by atoms with van der Waals surface area (Å²) in [5.41, 5.74) is 2.83. The lowest BCUT2D eigenvalue weighted by Crippen LogP contribution is -2.73. The number of nitrogens with zero attached hydrogens (tertiary/aromatic N) is 9. The maximum Gasteiger partial charge on any atom is 0.257 e. The Morgan fingerprint density at radius 2 is 1.77 bits per heavy atom. The first kappa shape index (κ1) is 41.9. The summed E-state index contributed by atoms with van der Waals surface area (Å²) in [5, 5.41) is 26.8. The van der Waals surface area contributed by atoms with E-state index >= 15 is 8.78 Å². The molecule has 0 bridgehead atoms. The molecule has 66 heavy (non-hydrogen) atoms. The number of hydrogen-bond donors (Lipinski definition) is 4. The summed E-state index contributed by atoms with van der Waals surface area (Å²) in [4.78, 5) is 70.1. The fraction of sp³-hybridized carbons (Fsp3) is 0.391. The molecule has 11 rings (SSSR count). The van der Waals surface area contributed by atoms with E-state index in [4.69, 9.17) is 10.1 Å². The van der Waals surface area contributed by atoms with E-state index in [1.165, 1.54) is 28.2 Å². The molecule has 4 N–H and O–H groups in total. The Morgan fingerprint density at radius 1 is 0.939 bits per heavy atom. The van der Waals surface area contributed by atoms with E-state index in [2.05, 4.69) is 30.8 Å². The number of aromatic nitrogens is 6. The van der Waals surface area contributed by atoms with Crippen LogP contribution in [0.3, 0.4) is 0 Å². The molecule has 4 fully saturated rings. The molecule has 1 spiro atoms. The van der Waals surface area contributed by atoms with Gasteiger partial charge in [-0.2, -0.15) is 5.10 Å². The van der Waals surface area contributed by atoms with Gasteiger partial charge in [-0.3, -0.25) is 34.5 Å². The Hall–Kier alpha value is -6.80. The van der Waals surface area contributed by atoms with Crippen molar-refractivity contribution in [1.29, 1.82) is 0 Å². The molecule has 9 heterocycles. The van der Waals surface area contributed by atoms with Crippen LogP contribution in [0.2, 0.25) is 0 Å². The normalized spacial score (nSPS) is 20.2. The summed E-state index contributed by atoms with van der Waals surface area (Å²) < 4.78 is 34.6. The number of rotatable bonds is 11. The van der Waals surface area contributed by atoms with E-state index in [0.717, 1.165) is 44.0 Å². The van der Waals surface area contributed by atoms with E-state index in [0.29, 0.717) is 84.3 Å². The van der Waals surface area contributed by atoms with E-state index in [9.17, 15) is 24.3 Å². The summed E-state index contributed by atoms with van der Waals surface area (Å²) in [6.07, 6.45) is 9.53. The molecular formula is C46H46F2N12O5S. The molecular weight excluding hydrogens is 871 g/mol. The van der Waals surface area contributed by atoms with Crippen molar-refractivity contribution in [3.8, 4) is 11.1 Å². The third-order valence-corrected chi connectivity index (χ3v) is 14.4. The summed E-state index contributed by atoms with van der Waals surface area (Å²) in [5.74, 6) is -1.37. The molecule has 2 atom stereocenters. The van der Waals surface area contributed by atoms with Gasteiger partial charge in [0.1, 0.15) is 23.5 Å². The van der Waals surface area contributed by atoms with Crippen LogP contribution < -0.4 is 25.8 Å². The number of fused-ring (bicyclic) bond motifs is 2. The minimum atomic E-state index is -1.19. The number of likely N-dealkylation sites (tertiary alicyclic amines) is 1. The van der Waals surface area contributed by atoms with Crippen LogP contribution in [0.25, 0.3) is 22.0 Å². The van der Waals surface area contributed by atoms with E-state index < -0.39 is 35.2 Å². The van der Waals surface area contributed by atoms with Gasteiger partial charge in [-0.1, -0.05) is 0 Å². The Balaban J connectivity index is 0.681. The van der Waals surface area contributed by atoms with Gasteiger partial charge in [0.2, 0.25) is 17.7 Å². The van der Waals surface area contributed by atoms with Gasteiger partial charge in [-0.05, 0) is 80.1 Å². The highest BCUT2D eigenvalue weighted by Gasteiger charge is 2.54. The molecule has 1 unspecified atom stereocenters. The number of pyridine rings is 1. The lowest BCUT2D eigenvalue weighted by atomic mass is 9.72. The average Bonchev–Trinajstić information content (AvgIpc) is 4.10. The highest BCUT2D eigenvalue weighted by molar-refractivity contribution is 7.13. The smallest absolute Gasteiger partial charge is 0.257 e. The monoisotopic (exact) mass is 916 g/mol. The standard InChI is InChI=1S/C46H46F2N12O5S/c47-31-16-28(17-34-30(31)21-60(55-34)41(43(64)54-44-49-11-15-66-44)40-36-2-1-12-57(36)26-51-40)27-3-7-37(50-20-27)58-22-45(23-58)24-59(25-45)39(62)19-46(65)9-13-56(14-10-46)35-6-4-29(18-32(35)48)52-33-5-8-38(61)53-42(33)63/h3-4,6-7,11,15-18,20-21,26,33,41,52,65H,1-2,5,8-10,12-14,19,22-25H2,(H,49,54,64)(H,53,61,63)/t33-,41?/m0/s1. The van der Waals surface area contributed by atoms with Gasteiger partial charge in [0.15, 0.2) is 11.2 Å². The predicted molar refractivity (Wildman–Crippen MR) is 241 cm³/mol. The first-order chi connectivity index (χ1) is 31.9. The van der Waals surface area contributed by atoms with Crippen molar-refractivity contribution in [2.24, 2.45) is 5.41 Å². The number of carbonyl (C=O) groups excluding carboxylic acids is 4. The van der Waals surface area contributed by atoms with Crippen LogP contribution in [-0.4, -0.2) is 114 Å². The van der Waals surface area contributed by atoms with Gasteiger partial charge >= 0.3 is 0 Å². The molecule has 20 heteroatoms. The number of hydrogen-bond acceptors (Lipinski definition) is 13. The average molecular weight is 917 g/mol. The topological polar surface area (TPSA) is 196 Å². The van der Waals surface area contributed by atoms with Crippen LogP contribution in [0.4, 0.5) is 31.1 Å². The van der Waals surface area contributed by atoms with Crippen LogP contribution in [0, 0.1) is 17.0 Å². The van der Waals surface area contributed by atoms with Crippen LogP contribution in [-0.2, 0) is 32.1 Å². The molecule has 5 aliphatic rings.